The minimum atomic E-state index is -0.199. The van der Waals surface area contributed by atoms with Crippen LogP contribution < -0.4 is 5.32 Å². The molecule has 2 heterocycles. The molecule has 5 nitrogen and oxygen atoms in total. The summed E-state index contributed by atoms with van der Waals surface area (Å²) in [6.07, 6.45) is 5.50. The van der Waals surface area contributed by atoms with Crippen LogP contribution in [-0.2, 0) is 4.79 Å². The van der Waals surface area contributed by atoms with Crippen LogP contribution in [0.5, 0.6) is 0 Å². The second-order valence-corrected chi connectivity index (χ2v) is 8.15. The lowest BCUT2D eigenvalue weighted by Crippen LogP contribution is -2.33. The molecule has 0 amide bonds. The summed E-state index contributed by atoms with van der Waals surface area (Å²) >= 11 is 3.22. The quantitative estimate of drug-likeness (QED) is 0.822. The number of carbonyl (C=O) groups is 1. The van der Waals surface area contributed by atoms with Crippen LogP contribution in [0.1, 0.15) is 31.4 Å². The minimum absolute atomic E-state index is 0.199. The molecule has 0 unspecified atom stereocenters. The van der Waals surface area contributed by atoms with Crippen LogP contribution in [0, 0.1) is 5.92 Å². The average Bonchev–Trinajstić information content (AvgIpc) is 3.02. The standard InChI is InChI=1S/C18H20N4OS2/c1-10-8-13-15(14(23)9-10)16(11-4-6-12(24-2)7-5-11)22-17(19-13)20-18(21-22)25-3/h4-7,10,16H,8-9H2,1-3H3,(H,19,20,21)/t10-,16+/m1/s1. The van der Waals surface area contributed by atoms with Crippen molar-refractivity contribution >= 4 is 35.3 Å². The van der Waals surface area contributed by atoms with E-state index >= 15 is 0 Å². The van der Waals surface area contributed by atoms with Crippen molar-refractivity contribution in [1.82, 2.24) is 14.8 Å². The molecular weight excluding hydrogens is 352 g/mol. The number of Topliss-reactive ketones (excluding diaryl/α,β-unsaturated/α-hetero) is 1. The molecule has 2 atom stereocenters. The predicted molar refractivity (Wildman–Crippen MR) is 102 cm³/mol. The Kier molecular flexibility index (Phi) is 4.37. The van der Waals surface area contributed by atoms with Crippen LogP contribution in [0.25, 0.3) is 0 Å². The summed E-state index contributed by atoms with van der Waals surface area (Å²) in [5.41, 5.74) is 2.93. The first-order chi connectivity index (χ1) is 12.1. The number of hydrogen-bond acceptors (Lipinski definition) is 6. The lowest BCUT2D eigenvalue weighted by atomic mass is 9.81. The van der Waals surface area contributed by atoms with Crippen molar-refractivity contribution in [2.75, 3.05) is 17.8 Å². The molecule has 0 bridgehead atoms. The number of hydrogen-bond donors (Lipinski definition) is 1. The van der Waals surface area contributed by atoms with Gasteiger partial charge in [-0.1, -0.05) is 30.8 Å². The molecule has 25 heavy (non-hydrogen) atoms. The van der Waals surface area contributed by atoms with Crippen LogP contribution in [0.4, 0.5) is 5.95 Å². The average molecular weight is 373 g/mol. The monoisotopic (exact) mass is 372 g/mol. The van der Waals surface area contributed by atoms with Gasteiger partial charge in [-0.2, -0.15) is 4.98 Å². The molecule has 1 N–H and O–H groups in total. The fourth-order valence-electron chi connectivity index (χ4n) is 3.57. The summed E-state index contributed by atoms with van der Waals surface area (Å²) in [4.78, 5) is 18.6. The first kappa shape index (κ1) is 16.7. The van der Waals surface area contributed by atoms with Gasteiger partial charge >= 0.3 is 0 Å². The molecule has 0 saturated carbocycles. The molecule has 1 aromatic carbocycles. The van der Waals surface area contributed by atoms with Crippen LogP contribution in [0.15, 0.2) is 45.6 Å². The minimum Gasteiger partial charge on any atom is -0.328 e. The maximum Gasteiger partial charge on any atom is 0.227 e. The third-order valence-corrected chi connectivity index (χ3v) is 6.00. The highest BCUT2D eigenvalue weighted by Crippen LogP contribution is 2.41. The Hall–Kier alpha value is -1.73. The molecule has 2 aromatic rings. The highest BCUT2D eigenvalue weighted by atomic mass is 32.2. The fourth-order valence-corrected chi connectivity index (χ4v) is 4.32. The van der Waals surface area contributed by atoms with Crippen LogP contribution >= 0.6 is 23.5 Å². The van der Waals surface area contributed by atoms with E-state index in [2.05, 4.69) is 52.8 Å². The molecule has 130 valence electrons. The van der Waals surface area contributed by atoms with E-state index in [0.29, 0.717) is 17.5 Å². The van der Waals surface area contributed by atoms with E-state index in [9.17, 15) is 4.79 Å². The van der Waals surface area contributed by atoms with Gasteiger partial charge in [-0.05, 0) is 42.5 Å². The number of anilines is 1. The van der Waals surface area contributed by atoms with Crippen molar-refractivity contribution < 1.29 is 4.79 Å². The first-order valence-electron chi connectivity index (χ1n) is 8.28. The van der Waals surface area contributed by atoms with Crippen molar-refractivity contribution in [3.05, 3.63) is 41.1 Å². The third kappa shape index (κ3) is 2.89. The Balaban J connectivity index is 1.87. The van der Waals surface area contributed by atoms with Crippen molar-refractivity contribution in [3.8, 4) is 0 Å². The Bertz CT molecular complexity index is 856. The number of carbonyl (C=O) groups excluding carboxylic acids is 1. The Morgan fingerprint density at radius 3 is 2.60 bits per heavy atom. The lowest BCUT2D eigenvalue weighted by molar-refractivity contribution is -0.117. The molecule has 2 aliphatic rings. The predicted octanol–water partition coefficient (Wildman–Crippen LogP) is 3.99. The highest BCUT2D eigenvalue weighted by Gasteiger charge is 2.38. The van der Waals surface area contributed by atoms with Gasteiger partial charge in [0.05, 0.1) is 0 Å². The topological polar surface area (TPSA) is 59.8 Å². The molecular formula is C18H20N4OS2. The molecule has 0 radical (unpaired) electrons. The summed E-state index contributed by atoms with van der Waals surface area (Å²) < 4.78 is 1.87. The van der Waals surface area contributed by atoms with Crippen molar-refractivity contribution in [2.24, 2.45) is 5.92 Å². The molecule has 1 aromatic heterocycles. The summed E-state index contributed by atoms with van der Waals surface area (Å²) in [5, 5.41) is 8.71. The maximum atomic E-state index is 12.9. The number of benzene rings is 1. The molecule has 0 spiro atoms. The van der Waals surface area contributed by atoms with E-state index in [4.69, 9.17) is 0 Å². The smallest absolute Gasteiger partial charge is 0.227 e. The fraction of sp³-hybridized carbons (Fsp3) is 0.389. The molecule has 1 aliphatic carbocycles. The molecule has 4 rings (SSSR count). The SMILES string of the molecule is CSc1ccc([C@H]2C3=C(C[C@@H](C)CC3=O)Nc3nc(SC)nn32)cc1. The molecule has 0 fully saturated rings. The highest BCUT2D eigenvalue weighted by molar-refractivity contribution is 7.98. The first-order valence-corrected chi connectivity index (χ1v) is 10.7. The van der Waals surface area contributed by atoms with Gasteiger partial charge in [-0.3, -0.25) is 4.79 Å². The van der Waals surface area contributed by atoms with Gasteiger partial charge in [0.2, 0.25) is 11.1 Å². The zero-order valence-electron chi connectivity index (χ0n) is 14.4. The van der Waals surface area contributed by atoms with E-state index in [0.717, 1.165) is 29.2 Å². The molecule has 7 heteroatoms. The number of allylic oxidation sites excluding steroid dienone is 2. The van der Waals surface area contributed by atoms with Crippen molar-refractivity contribution in [1.29, 1.82) is 0 Å². The van der Waals surface area contributed by atoms with E-state index < -0.39 is 0 Å². The lowest BCUT2D eigenvalue weighted by Gasteiger charge is -2.34. The Labute approximate surface area is 155 Å². The second-order valence-electron chi connectivity index (χ2n) is 6.50. The van der Waals surface area contributed by atoms with Crippen LogP contribution in [0.3, 0.4) is 0 Å². The number of fused-ring (bicyclic) bond motifs is 1. The number of thioether (sulfide) groups is 2. The number of ketones is 1. The van der Waals surface area contributed by atoms with E-state index in [1.54, 1.807) is 11.8 Å². The van der Waals surface area contributed by atoms with Gasteiger partial charge in [0.15, 0.2) is 5.78 Å². The Morgan fingerprint density at radius 1 is 1.16 bits per heavy atom. The third-order valence-electron chi connectivity index (χ3n) is 4.72. The van der Waals surface area contributed by atoms with Gasteiger partial charge in [0.25, 0.3) is 0 Å². The van der Waals surface area contributed by atoms with Crippen LogP contribution in [0.2, 0.25) is 0 Å². The molecule has 0 saturated heterocycles. The normalized spacial score (nSPS) is 22.4. The summed E-state index contributed by atoms with van der Waals surface area (Å²) in [6, 6.07) is 8.20. The largest absolute Gasteiger partial charge is 0.328 e. The van der Waals surface area contributed by atoms with E-state index in [1.807, 2.05) is 10.9 Å². The van der Waals surface area contributed by atoms with Crippen molar-refractivity contribution in [2.45, 2.75) is 35.9 Å². The van der Waals surface area contributed by atoms with E-state index in [-0.39, 0.29) is 11.8 Å². The zero-order valence-corrected chi connectivity index (χ0v) is 16.1. The number of rotatable bonds is 3. The molecule has 1 aliphatic heterocycles. The second kappa shape index (κ2) is 6.53. The zero-order chi connectivity index (χ0) is 17.6. The van der Waals surface area contributed by atoms with Gasteiger partial charge in [0.1, 0.15) is 6.04 Å². The van der Waals surface area contributed by atoms with Gasteiger partial charge in [-0.15, -0.1) is 16.9 Å². The summed E-state index contributed by atoms with van der Waals surface area (Å²) in [6.45, 7) is 2.12. The van der Waals surface area contributed by atoms with Crippen LogP contribution in [-0.4, -0.2) is 33.1 Å². The summed E-state index contributed by atoms with van der Waals surface area (Å²) in [5.74, 6) is 1.30. The van der Waals surface area contributed by atoms with E-state index in [1.165, 1.54) is 16.7 Å². The Morgan fingerprint density at radius 2 is 1.92 bits per heavy atom. The van der Waals surface area contributed by atoms with Crippen molar-refractivity contribution in [3.63, 3.8) is 0 Å². The summed E-state index contributed by atoms with van der Waals surface area (Å²) in [7, 11) is 0. The maximum absolute atomic E-state index is 12.9. The number of nitrogens with one attached hydrogen (secondary N) is 1. The van der Waals surface area contributed by atoms with Gasteiger partial charge < -0.3 is 5.32 Å². The number of aromatic nitrogens is 3. The van der Waals surface area contributed by atoms with Gasteiger partial charge in [0, 0.05) is 22.6 Å². The van der Waals surface area contributed by atoms with Gasteiger partial charge in [-0.25, -0.2) is 4.68 Å². The number of nitrogens with zero attached hydrogens (tertiary/aromatic N) is 3.